The maximum atomic E-state index is 13.3. The highest BCUT2D eigenvalue weighted by Crippen LogP contribution is 2.29. The third-order valence-corrected chi connectivity index (χ3v) is 7.42. The molecule has 0 N–H and O–H groups in total. The lowest BCUT2D eigenvalue weighted by atomic mass is 10.0. The number of hydrogen-bond acceptors (Lipinski definition) is 5. The normalized spacial score (nSPS) is 18.1. The van der Waals surface area contributed by atoms with Gasteiger partial charge in [-0.25, -0.2) is 8.42 Å². The molecular weight excluding hydrogens is 386 g/mol. The smallest absolute Gasteiger partial charge is 0.258 e. The fraction of sp³-hybridized carbons (Fsp3) is 0.364. The third kappa shape index (κ3) is 3.97. The zero-order valence-electron chi connectivity index (χ0n) is 16.7. The van der Waals surface area contributed by atoms with Crippen LogP contribution in [0.5, 0.6) is 0 Å². The molecule has 152 valence electrons. The highest BCUT2D eigenvalue weighted by molar-refractivity contribution is 7.89. The Hall–Kier alpha value is -2.51. The molecule has 3 aromatic rings. The number of nitrogens with zero attached hydrogens (tertiary/aromatic N) is 3. The molecule has 29 heavy (non-hydrogen) atoms. The zero-order chi connectivity index (χ0) is 20.4. The van der Waals surface area contributed by atoms with Gasteiger partial charge in [-0.2, -0.15) is 9.29 Å². The van der Waals surface area contributed by atoms with E-state index in [1.54, 1.807) is 28.6 Å². The van der Waals surface area contributed by atoms with E-state index < -0.39 is 10.0 Å². The van der Waals surface area contributed by atoms with Crippen LogP contribution in [-0.4, -0.2) is 35.5 Å². The van der Waals surface area contributed by atoms with Gasteiger partial charge in [0.1, 0.15) is 0 Å². The molecule has 0 bridgehead atoms. The van der Waals surface area contributed by atoms with Crippen LogP contribution >= 0.6 is 0 Å². The van der Waals surface area contributed by atoms with E-state index in [-0.39, 0.29) is 10.9 Å². The van der Waals surface area contributed by atoms with E-state index in [0.29, 0.717) is 23.8 Å². The molecule has 0 unspecified atom stereocenters. The number of hydrogen-bond donors (Lipinski definition) is 0. The Balaban J connectivity index is 1.65. The third-order valence-electron chi connectivity index (χ3n) is 5.47. The van der Waals surface area contributed by atoms with Crippen LogP contribution in [0.1, 0.15) is 38.2 Å². The van der Waals surface area contributed by atoms with Gasteiger partial charge in [0.2, 0.25) is 15.8 Å². The number of aryl methyl sites for hydroxylation is 1. The minimum atomic E-state index is -3.56. The van der Waals surface area contributed by atoms with E-state index in [0.717, 1.165) is 36.8 Å². The van der Waals surface area contributed by atoms with Crippen molar-refractivity contribution in [3.8, 4) is 22.8 Å². The first-order valence-electron chi connectivity index (χ1n) is 10.0. The average molecular weight is 412 g/mol. The lowest BCUT2D eigenvalue weighted by Gasteiger charge is -2.34. The van der Waals surface area contributed by atoms with Crippen LogP contribution in [0, 0.1) is 6.92 Å². The van der Waals surface area contributed by atoms with Gasteiger partial charge in [-0.05, 0) is 44.4 Å². The first kappa shape index (κ1) is 19.8. The number of piperidine rings is 1. The van der Waals surface area contributed by atoms with Crippen LogP contribution < -0.4 is 0 Å². The van der Waals surface area contributed by atoms with Crippen LogP contribution in [-0.2, 0) is 10.0 Å². The molecule has 2 heterocycles. The van der Waals surface area contributed by atoms with Gasteiger partial charge in [0.15, 0.2) is 0 Å². The molecule has 7 heteroatoms. The van der Waals surface area contributed by atoms with E-state index in [1.165, 1.54) is 0 Å². The predicted octanol–water partition coefficient (Wildman–Crippen LogP) is 4.67. The lowest BCUT2D eigenvalue weighted by molar-refractivity contribution is 0.246. The summed E-state index contributed by atoms with van der Waals surface area (Å²) in [4.78, 5) is 4.73. The van der Waals surface area contributed by atoms with E-state index in [4.69, 9.17) is 4.52 Å². The Kier molecular flexibility index (Phi) is 5.52. The summed E-state index contributed by atoms with van der Waals surface area (Å²) >= 11 is 0. The maximum absolute atomic E-state index is 13.3. The van der Waals surface area contributed by atoms with Gasteiger partial charge >= 0.3 is 0 Å². The van der Waals surface area contributed by atoms with Crippen molar-refractivity contribution in [2.45, 2.75) is 50.5 Å². The van der Waals surface area contributed by atoms with Gasteiger partial charge in [0.25, 0.3) is 5.89 Å². The summed E-state index contributed by atoms with van der Waals surface area (Å²) in [6, 6.07) is 14.7. The summed E-state index contributed by atoms with van der Waals surface area (Å²) in [6.45, 7) is 4.63. The Morgan fingerprint density at radius 2 is 1.90 bits per heavy atom. The fourth-order valence-corrected chi connectivity index (χ4v) is 5.60. The standard InChI is InChI=1S/C22H25N3O3S/c1-3-19-8-4-5-14-25(19)29(26,27)20-9-6-7-18(15-20)22-23-21(24-28-22)17-12-10-16(2)11-13-17/h6-7,9-13,15,19H,3-5,8,14H2,1-2H3/t19-/m1/s1. The van der Waals surface area contributed by atoms with E-state index >= 15 is 0 Å². The van der Waals surface area contributed by atoms with E-state index in [9.17, 15) is 8.42 Å². The molecule has 1 saturated heterocycles. The van der Waals surface area contributed by atoms with Crippen molar-refractivity contribution in [1.82, 2.24) is 14.4 Å². The molecule has 1 fully saturated rings. The first-order chi connectivity index (χ1) is 14.0. The molecule has 1 atom stereocenters. The quantitative estimate of drug-likeness (QED) is 0.610. The minimum Gasteiger partial charge on any atom is -0.334 e. The first-order valence-corrected chi connectivity index (χ1v) is 11.5. The Morgan fingerprint density at radius 1 is 1.10 bits per heavy atom. The molecule has 0 spiro atoms. The molecule has 1 aliphatic rings. The summed E-state index contributed by atoms with van der Waals surface area (Å²) in [5.74, 6) is 0.790. The number of benzene rings is 2. The summed E-state index contributed by atoms with van der Waals surface area (Å²) in [5, 5.41) is 4.05. The highest BCUT2D eigenvalue weighted by Gasteiger charge is 2.32. The number of sulfonamides is 1. The summed E-state index contributed by atoms with van der Waals surface area (Å²) < 4.78 is 33.6. The number of aromatic nitrogens is 2. The van der Waals surface area contributed by atoms with Gasteiger partial charge in [0.05, 0.1) is 4.90 Å². The van der Waals surface area contributed by atoms with Crippen LogP contribution in [0.25, 0.3) is 22.8 Å². The van der Waals surface area contributed by atoms with Crippen molar-refractivity contribution in [1.29, 1.82) is 0 Å². The van der Waals surface area contributed by atoms with Crippen LogP contribution in [0.15, 0.2) is 57.9 Å². The van der Waals surface area contributed by atoms with Crippen molar-refractivity contribution in [3.63, 3.8) is 0 Å². The van der Waals surface area contributed by atoms with Crippen molar-refractivity contribution in [2.75, 3.05) is 6.54 Å². The summed E-state index contributed by atoms with van der Waals surface area (Å²) in [5.41, 5.74) is 2.61. The predicted molar refractivity (Wildman–Crippen MR) is 112 cm³/mol. The van der Waals surface area contributed by atoms with Gasteiger partial charge in [-0.15, -0.1) is 0 Å². The van der Waals surface area contributed by atoms with Crippen LogP contribution in [0.2, 0.25) is 0 Å². The SMILES string of the molecule is CC[C@@H]1CCCCN1S(=O)(=O)c1cccc(-c2nc(-c3ccc(C)cc3)no2)c1. The molecule has 4 rings (SSSR count). The van der Waals surface area contributed by atoms with Gasteiger partial charge in [0, 0.05) is 23.7 Å². The van der Waals surface area contributed by atoms with E-state index in [1.807, 2.05) is 38.1 Å². The van der Waals surface area contributed by atoms with Crippen LogP contribution in [0.4, 0.5) is 0 Å². The monoisotopic (exact) mass is 411 g/mol. The zero-order valence-corrected chi connectivity index (χ0v) is 17.5. The second-order valence-corrected chi connectivity index (χ2v) is 9.38. The molecule has 6 nitrogen and oxygen atoms in total. The Bertz CT molecular complexity index is 1090. The second kappa shape index (κ2) is 8.08. The second-order valence-electron chi connectivity index (χ2n) is 7.49. The number of rotatable bonds is 5. The highest BCUT2D eigenvalue weighted by atomic mass is 32.2. The van der Waals surface area contributed by atoms with Gasteiger partial charge in [-0.1, -0.05) is 54.4 Å². The van der Waals surface area contributed by atoms with Gasteiger partial charge < -0.3 is 4.52 Å². The Labute approximate surface area is 171 Å². The van der Waals surface area contributed by atoms with Gasteiger partial charge in [-0.3, -0.25) is 0 Å². The summed E-state index contributed by atoms with van der Waals surface area (Å²) in [6.07, 6.45) is 3.72. The molecule has 0 amide bonds. The molecule has 2 aromatic carbocycles. The maximum Gasteiger partial charge on any atom is 0.258 e. The molecule has 0 radical (unpaired) electrons. The molecule has 0 aliphatic carbocycles. The Morgan fingerprint density at radius 3 is 2.66 bits per heavy atom. The molecule has 1 aromatic heterocycles. The largest absolute Gasteiger partial charge is 0.334 e. The van der Waals surface area contributed by atoms with Crippen molar-refractivity contribution >= 4 is 10.0 Å². The van der Waals surface area contributed by atoms with Crippen molar-refractivity contribution in [3.05, 3.63) is 54.1 Å². The van der Waals surface area contributed by atoms with Crippen LogP contribution in [0.3, 0.4) is 0 Å². The fourth-order valence-electron chi connectivity index (χ4n) is 3.78. The molecule has 1 aliphatic heterocycles. The average Bonchev–Trinajstić information content (AvgIpc) is 3.24. The lowest BCUT2D eigenvalue weighted by Crippen LogP contribution is -2.43. The van der Waals surface area contributed by atoms with E-state index in [2.05, 4.69) is 10.1 Å². The molecule has 0 saturated carbocycles. The van der Waals surface area contributed by atoms with Crippen molar-refractivity contribution in [2.24, 2.45) is 0 Å². The topological polar surface area (TPSA) is 76.3 Å². The molecular formula is C22H25N3O3S. The van der Waals surface area contributed by atoms with Crippen molar-refractivity contribution < 1.29 is 12.9 Å². The minimum absolute atomic E-state index is 0.0638. The summed E-state index contributed by atoms with van der Waals surface area (Å²) in [7, 11) is -3.56.